The molecule has 1 amide bonds. The Morgan fingerprint density at radius 2 is 1.61 bits per heavy atom. The molecule has 4 aliphatic rings. The van der Waals surface area contributed by atoms with Crippen molar-refractivity contribution in [1.82, 2.24) is 4.90 Å². The minimum absolute atomic E-state index is 0.0243. The highest BCUT2D eigenvalue weighted by Gasteiger charge is 2.50. The van der Waals surface area contributed by atoms with Crippen LogP contribution in [0.4, 0.5) is 0 Å². The van der Waals surface area contributed by atoms with Crippen LogP contribution in [0, 0.1) is 29.6 Å². The minimum Gasteiger partial charge on any atom is -0.394 e. The van der Waals surface area contributed by atoms with Crippen molar-refractivity contribution in [2.75, 3.05) is 19.8 Å². The molecule has 7 unspecified atom stereocenters. The predicted octanol–water partition coefficient (Wildman–Crippen LogP) is 2.73. The summed E-state index contributed by atoms with van der Waals surface area (Å²) in [6, 6.07) is -0.166. The summed E-state index contributed by atoms with van der Waals surface area (Å²) in [6.45, 7) is 3.21. The van der Waals surface area contributed by atoms with Crippen LogP contribution in [-0.2, 0) is 9.53 Å². The quantitative estimate of drug-likeness (QED) is 0.615. The van der Waals surface area contributed by atoms with Gasteiger partial charge >= 0.3 is 0 Å². The molecule has 1 heterocycles. The van der Waals surface area contributed by atoms with Crippen molar-refractivity contribution in [2.45, 2.75) is 102 Å². The smallest absolute Gasteiger partial charge is 0.231 e. The molecule has 3 N–H and O–H groups in total. The molecule has 3 aliphatic carbocycles. The Kier molecular flexibility index (Phi) is 7.95. The second kappa shape index (κ2) is 10.5. The number of rotatable bonds is 5. The Balaban J connectivity index is 1.49. The Hall–Kier alpha value is -0.690. The summed E-state index contributed by atoms with van der Waals surface area (Å²) in [5, 5.41) is 31.5. The van der Waals surface area contributed by atoms with Gasteiger partial charge in [0.05, 0.1) is 36.9 Å². The SMILES string of the molecule is CC1C(O)CC(O)C(C(=O)N2CC3CCCCC3C[C@@H]2CO)C1OCC1CCCCC1. The van der Waals surface area contributed by atoms with E-state index in [0.717, 1.165) is 25.7 Å². The minimum atomic E-state index is -0.904. The molecule has 1 aliphatic heterocycles. The first-order chi connectivity index (χ1) is 15.0. The molecular formula is C25H43NO5. The third kappa shape index (κ3) is 5.13. The van der Waals surface area contributed by atoms with Crippen molar-refractivity contribution in [3.05, 3.63) is 0 Å². The van der Waals surface area contributed by atoms with Gasteiger partial charge in [-0.15, -0.1) is 0 Å². The van der Waals surface area contributed by atoms with Crippen molar-refractivity contribution in [3.8, 4) is 0 Å². The highest BCUT2D eigenvalue weighted by molar-refractivity contribution is 5.81. The molecule has 0 aromatic rings. The van der Waals surface area contributed by atoms with Gasteiger partial charge in [0.15, 0.2) is 0 Å². The highest BCUT2D eigenvalue weighted by Crippen LogP contribution is 2.41. The van der Waals surface area contributed by atoms with E-state index >= 15 is 0 Å². The van der Waals surface area contributed by atoms with E-state index in [1.807, 2.05) is 11.8 Å². The van der Waals surface area contributed by atoms with Gasteiger partial charge in [0.1, 0.15) is 0 Å². The number of carbonyl (C=O) groups is 1. The molecule has 6 nitrogen and oxygen atoms in total. The average Bonchev–Trinajstić information content (AvgIpc) is 2.79. The molecule has 3 saturated carbocycles. The fraction of sp³-hybridized carbons (Fsp3) is 0.960. The Morgan fingerprint density at radius 1 is 0.935 bits per heavy atom. The van der Waals surface area contributed by atoms with Crippen LogP contribution in [-0.4, -0.2) is 70.2 Å². The molecule has 0 aromatic heterocycles. The molecular weight excluding hydrogens is 394 g/mol. The van der Waals surface area contributed by atoms with Crippen LogP contribution < -0.4 is 0 Å². The lowest BCUT2D eigenvalue weighted by Gasteiger charge is -2.49. The number of ether oxygens (including phenoxy) is 1. The van der Waals surface area contributed by atoms with Gasteiger partial charge in [-0.1, -0.05) is 45.4 Å². The van der Waals surface area contributed by atoms with Crippen LogP contribution >= 0.6 is 0 Å². The van der Waals surface area contributed by atoms with Gasteiger partial charge < -0.3 is 25.0 Å². The van der Waals surface area contributed by atoms with Crippen molar-refractivity contribution in [3.63, 3.8) is 0 Å². The summed E-state index contributed by atoms with van der Waals surface area (Å²) in [6.07, 6.45) is 9.92. The van der Waals surface area contributed by atoms with E-state index in [1.165, 1.54) is 38.5 Å². The van der Waals surface area contributed by atoms with Gasteiger partial charge in [0.2, 0.25) is 5.91 Å². The summed E-state index contributed by atoms with van der Waals surface area (Å²) >= 11 is 0. The lowest BCUT2D eigenvalue weighted by Crippen LogP contribution is -2.60. The molecule has 0 spiro atoms. The van der Waals surface area contributed by atoms with Crippen LogP contribution in [0.5, 0.6) is 0 Å². The first-order valence-electron chi connectivity index (χ1n) is 12.9. The molecule has 6 heteroatoms. The second-order valence-electron chi connectivity index (χ2n) is 10.9. The number of hydrogen-bond donors (Lipinski definition) is 3. The van der Waals surface area contributed by atoms with Crippen LogP contribution in [0.2, 0.25) is 0 Å². The summed E-state index contributed by atoms with van der Waals surface area (Å²) in [5.41, 5.74) is 0. The summed E-state index contributed by atoms with van der Waals surface area (Å²) < 4.78 is 6.35. The highest BCUT2D eigenvalue weighted by atomic mass is 16.5. The number of likely N-dealkylation sites (tertiary alicyclic amines) is 1. The first-order valence-corrected chi connectivity index (χ1v) is 12.9. The van der Waals surface area contributed by atoms with E-state index in [0.29, 0.717) is 30.9 Å². The predicted molar refractivity (Wildman–Crippen MR) is 118 cm³/mol. The third-order valence-electron chi connectivity index (χ3n) is 8.92. The molecule has 8 atom stereocenters. The first kappa shape index (κ1) is 23.5. The third-order valence-corrected chi connectivity index (χ3v) is 8.92. The number of nitrogens with zero attached hydrogens (tertiary/aromatic N) is 1. The van der Waals surface area contributed by atoms with Crippen LogP contribution in [0.25, 0.3) is 0 Å². The molecule has 0 aromatic carbocycles. The number of amides is 1. The zero-order valence-corrected chi connectivity index (χ0v) is 19.2. The number of piperidine rings is 1. The van der Waals surface area contributed by atoms with E-state index in [-0.39, 0.29) is 30.9 Å². The van der Waals surface area contributed by atoms with E-state index in [9.17, 15) is 20.1 Å². The zero-order valence-electron chi connectivity index (χ0n) is 19.2. The van der Waals surface area contributed by atoms with Gasteiger partial charge in [-0.05, 0) is 43.4 Å². The maximum atomic E-state index is 13.8. The standard InChI is InChI=1S/C25H43NO5/c1-16-21(28)12-22(29)23(24(16)31-15-17-7-3-2-4-8-17)25(30)26-13-19-10-6-5-9-18(19)11-20(26)14-27/h16-24,27-29H,2-15H2,1H3/t16?,18?,19?,20-,21?,22?,23?,24?/m1/s1. The van der Waals surface area contributed by atoms with Crippen molar-refractivity contribution >= 4 is 5.91 Å². The van der Waals surface area contributed by atoms with Gasteiger partial charge in [0.25, 0.3) is 0 Å². The van der Waals surface area contributed by atoms with E-state index in [4.69, 9.17) is 4.74 Å². The van der Waals surface area contributed by atoms with Gasteiger partial charge in [-0.2, -0.15) is 0 Å². The van der Waals surface area contributed by atoms with Crippen LogP contribution in [0.15, 0.2) is 0 Å². The Morgan fingerprint density at radius 3 is 2.32 bits per heavy atom. The number of aliphatic hydroxyl groups excluding tert-OH is 3. The molecule has 4 rings (SSSR count). The maximum absolute atomic E-state index is 13.8. The largest absolute Gasteiger partial charge is 0.394 e. The fourth-order valence-electron chi connectivity index (χ4n) is 6.88. The fourth-order valence-corrected chi connectivity index (χ4v) is 6.88. The van der Waals surface area contributed by atoms with E-state index in [1.54, 1.807) is 0 Å². The monoisotopic (exact) mass is 437 g/mol. The topological polar surface area (TPSA) is 90.2 Å². The maximum Gasteiger partial charge on any atom is 0.231 e. The Labute approximate surface area is 187 Å². The van der Waals surface area contributed by atoms with Crippen LogP contribution in [0.1, 0.15) is 77.6 Å². The number of fused-ring (bicyclic) bond motifs is 1. The second-order valence-corrected chi connectivity index (χ2v) is 10.9. The van der Waals surface area contributed by atoms with Gasteiger partial charge in [-0.3, -0.25) is 4.79 Å². The average molecular weight is 438 g/mol. The lowest BCUT2D eigenvalue weighted by molar-refractivity contribution is -0.176. The van der Waals surface area contributed by atoms with Crippen molar-refractivity contribution in [1.29, 1.82) is 0 Å². The Bertz CT molecular complexity index is 594. The molecule has 0 radical (unpaired) electrons. The van der Waals surface area contributed by atoms with Gasteiger partial charge in [0, 0.05) is 25.5 Å². The summed E-state index contributed by atoms with van der Waals surface area (Å²) in [7, 11) is 0. The lowest BCUT2D eigenvalue weighted by atomic mass is 9.71. The number of hydrogen-bond acceptors (Lipinski definition) is 5. The molecule has 4 fully saturated rings. The molecule has 178 valence electrons. The summed E-state index contributed by atoms with van der Waals surface area (Å²) in [5.74, 6) is 0.687. The van der Waals surface area contributed by atoms with Gasteiger partial charge in [-0.25, -0.2) is 0 Å². The molecule has 31 heavy (non-hydrogen) atoms. The normalized spacial score (nSPS) is 42.3. The summed E-state index contributed by atoms with van der Waals surface area (Å²) in [4.78, 5) is 15.7. The van der Waals surface area contributed by atoms with E-state index < -0.39 is 24.2 Å². The number of carbonyl (C=O) groups excluding carboxylic acids is 1. The molecule has 1 saturated heterocycles. The van der Waals surface area contributed by atoms with Crippen molar-refractivity contribution in [2.24, 2.45) is 29.6 Å². The van der Waals surface area contributed by atoms with Crippen LogP contribution in [0.3, 0.4) is 0 Å². The number of aliphatic hydroxyl groups is 3. The molecule has 0 bridgehead atoms. The van der Waals surface area contributed by atoms with Crippen molar-refractivity contribution < 1.29 is 24.9 Å². The zero-order chi connectivity index (χ0) is 22.0. The van der Waals surface area contributed by atoms with E-state index in [2.05, 4.69) is 0 Å².